The van der Waals surface area contributed by atoms with Gasteiger partial charge in [0.2, 0.25) is 5.91 Å². The van der Waals surface area contributed by atoms with E-state index in [0.29, 0.717) is 16.5 Å². The number of nitrogens with zero attached hydrogens (tertiary/aromatic N) is 1. The molecule has 0 heterocycles. The van der Waals surface area contributed by atoms with Gasteiger partial charge in [0.05, 0.1) is 30.7 Å². The summed E-state index contributed by atoms with van der Waals surface area (Å²) in [4.78, 5) is 12.8. The van der Waals surface area contributed by atoms with E-state index in [1.165, 1.54) is 18.0 Å². The highest BCUT2D eigenvalue weighted by Crippen LogP contribution is 2.35. The Bertz CT molecular complexity index is 769. The maximum atomic E-state index is 11.8. The molecule has 1 amide bonds. The van der Waals surface area contributed by atoms with Crippen molar-refractivity contribution in [1.29, 1.82) is 0 Å². The standard InChI is InChI=1S/C17H16BrClN2O3S/c1-23-15-8-11(7-14(18)17(15)24-2)9-20-21-16(22)10-25-13-5-3-12(19)4-6-13/h3-9H,10H2,1-2H3,(H,21,22)/b20-9-. The zero-order valence-corrected chi connectivity index (χ0v) is 16.7. The van der Waals surface area contributed by atoms with Crippen molar-refractivity contribution in [3.63, 3.8) is 0 Å². The summed E-state index contributed by atoms with van der Waals surface area (Å²) in [5.41, 5.74) is 3.25. The van der Waals surface area contributed by atoms with Crippen LogP contribution in [0.4, 0.5) is 0 Å². The lowest BCUT2D eigenvalue weighted by molar-refractivity contribution is -0.118. The first-order chi connectivity index (χ1) is 12.0. The van der Waals surface area contributed by atoms with Crippen molar-refractivity contribution in [2.24, 2.45) is 5.10 Å². The van der Waals surface area contributed by atoms with Gasteiger partial charge in [0.15, 0.2) is 11.5 Å². The van der Waals surface area contributed by atoms with Crippen LogP contribution in [0, 0.1) is 0 Å². The van der Waals surface area contributed by atoms with Crippen molar-refractivity contribution in [2.75, 3.05) is 20.0 Å². The summed E-state index contributed by atoms with van der Waals surface area (Å²) in [6.45, 7) is 0. The van der Waals surface area contributed by atoms with Crippen LogP contribution in [0.2, 0.25) is 5.02 Å². The fourth-order valence-corrected chi connectivity index (χ4v) is 3.34. The van der Waals surface area contributed by atoms with Gasteiger partial charge in [-0.1, -0.05) is 11.6 Å². The van der Waals surface area contributed by atoms with Crippen LogP contribution >= 0.6 is 39.3 Å². The van der Waals surface area contributed by atoms with Crippen LogP contribution < -0.4 is 14.9 Å². The molecule has 0 spiro atoms. The summed E-state index contributed by atoms with van der Waals surface area (Å²) >= 11 is 10.6. The van der Waals surface area contributed by atoms with Crippen LogP contribution in [0.5, 0.6) is 11.5 Å². The van der Waals surface area contributed by atoms with Gasteiger partial charge in [0.25, 0.3) is 0 Å². The maximum absolute atomic E-state index is 11.8. The number of amides is 1. The third kappa shape index (κ3) is 5.95. The summed E-state index contributed by atoms with van der Waals surface area (Å²) in [6.07, 6.45) is 1.54. The van der Waals surface area contributed by atoms with Crippen LogP contribution in [0.3, 0.4) is 0 Å². The molecular formula is C17H16BrClN2O3S. The number of ether oxygens (including phenoxy) is 2. The Morgan fingerprint density at radius 3 is 2.64 bits per heavy atom. The molecule has 132 valence electrons. The molecule has 5 nitrogen and oxygen atoms in total. The largest absolute Gasteiger partial charge is 0.493 e. The molecule has 0 aromatic heterocycles. The fraction of sp³-hybridized carbons (Fsp3) is 0.176. The summed E-state index contributed by atoms with van der Waals surface area (Å²) in [7, 11) is 3.12. The second-order valence-corrected chi connectivity index (χ2v) is 7.11. The number of hydrazone groups is 1. The van der Waals surface area contributed by atoms with Gasteiger partial charge in [-0.2, -0.15) is 5.10 Å². The van der Waals surface area contributed by atoms with Crippen LogP contribution in [0.15, 0.2) is 50.9 Å². The van der Waals surface area contributed by atoms with Crippen molar-refractivity contribution in [3.8, 4) is 11.5 Å². The average Bonchev–Trinajstić information content (AvgIpc) is 2.60. The number of hydrogen-bond donors (Lipinski definition) is 1. The van der Waals surface area contributed by atoms with E-state index in [-0.39, 0.29) is 11.7 Å². The van der Waals surface area contributed by atoms with Gasteiger partial charge in [0.1, 0.15) is 0 Å². The Morgan fingerprint density at radius 1 is 1.28 bits per heavy atom. The van der Waals surface area contributed by atoms with E-state index in [4.69, 9.17) is 21.1 Å². The molecule has 2 aromatic carbocycles. The minimum atomic E-state index is -0.198. The SMILES string of the molecule is COc1cc(/C=N\NC(=O)CSc2ccc(Cl)cc2)cc(Br)c1OC. The zero-order chi connectivity index (χ0) is 18.2. The molecule has 0 radical (unpaired) electrons. The Balaban J connectivity index is 1.90. The van der Waals surface area contributed by atoms with Gasteiger partial charge in [-0.05, 0) is 57.9 Å². The molecule has 1 N–H and O–H groups in total. The van der Waals surface area contributed by atoms with E-state index in [2.05, 4.69) is 26.5 Å². The molecule has 0 aliphatic rings. The first-order valence-corrected chi connectivity index (χ1v) is 9.31. The van der Waals surface area contributed by atoms with Crippen LogP contribution in [-0.4, -0.2) is 32.1 Å². The van der Waals surface area contributed by atoms with Gasteiger partial charge < -0.3 is 9.47 Å². The third-order valence-electron chi connectivity index (χ3n) is 3.04. The normalized spacial score (nSPS) is 10.7. The number of methoxy groups -OCH3 is 2. The number of hydrogen-bond acceptors (Lipinski definition) is 5. The number of benzene rings is 2. The van der Waals surface area contributed by atoms with Crippen molar-refractivity contribution in [2.45, 2.75) is 4.90 Å². The number of thioether (sulfide) groups is 1. The molecule has 0 unspecified atom stereocenters. The van der Waals surface area contributed by atoms with Gasteiger partial charge >= 0.3 is 0 Å². The molecule has 0 fully saturated rings. The van der Waals surface area contributed by atoms with Crippen LogP contribution in [-0.2, 0) is 4.79 Å². The first kappa shape index (κ1) is 19.6. The molecule has 8 heteroatoms. The molecule has 0 saturated carbocycles. The van der Waals surface area contributed by atoms with Gasteiger partial charge in [0, 0.05) is 9.92 Å². The molecule has 0 aliphatic heterocycles. The van der Waals surface area contributed by atoms with Crippen molar-refractivity contribution >= 4 is 51.4 Å². The molecule has 0 bridgehead atoms. The van der Waals surface area contributed by atoms with Crippen molar-refractivity contribution < 1.29 is 14.3 Å². The molecule has 25 heavy (non-hydrogen) atoms. The molecule has 2 rings (SSSR count). The van der Waals surface area contributed by atoms with Gasteiger partial charge in [-0.25, -0.2) is 5.43 Å². The van der Waals surface area contributed by atoms with E-state index < -0.39 is 0 Å². The average molecular weight is 444 g/mol. The van der Waals surface area contributed by atoms with E-state index >= 15 is 0 Å². The number of carbonyl (C=O) groups is 1. The second-order valence-electron chi connectivity index (χ2n) is 4.77. The topological polar surface area (TPSA) is 59.9 Å². The number of carbonyl (C=O) groups excluding carboxylic acids is 1. The van der Waals surface area contributed by atoms with Crippen molar-refractivity contribution in [3.05, 3.63) is 51.5 Å². The zero-order valence-electron chi connectivity index (χ0n) is 13.6. The lowest BCUT2D eigenvalue weighted by Crippen LogP contribution is -2.19. The molecule has 0 saturated heterocycles. The van der Waals surface area contributed by atoms with E-state index in [9.17, 15) is 4.79 Å². The van der Waals surface area contributed by atoms with Crippen LogP contribution in [0.1, 0.15) is 5.56 Å². The van der Waals surface area contributed by atoms with E-state index in [1.807, 2.05) is 18.2 Å². The minimum Gasteiger partial charge on any atom is -0.493 e. The summed E-state index contributed by atoms with van der Waals surface area (Å²) in [5.74, 6) is 1.23. The molecule has 2 aromatic rings. The minimum absolute atomic E-state index is 0.198. The van der Waals surface area contributed by atoms with Crippen molar-refractivity contribution in [1.82, 2.24) is 5.43 Å². The monoisotopic (exact) mass is 442 g/mol. The lowest BCUT2D eigenvalue weighted by Gasteiger charge is -2.10. The molecular weight excluding hydrogens is 428 g/mol. The summed E-state index contributed by atoms with van der Waals surface area (Å²) in [5, 5.41) is 4.63. The maximum Gasteiger partial charge on any atom is 0.250 e. The van der Waals surface area contributed by atoms with Crippen LogP contribution in [0.25, 0.3) is 0 Å². The quantitative estimate of drug-likeness (QED) is 0.392. The number of nitrogens with one attached hydrogen (secondary N) is 1. The Morgan fingerprint density at radius 2 is 2.00 bits per heavy atom. The molecule has 0 atom stereocenters. The smallest absolute Gasteiger partial charge is 0.250 e. The summed E-state index contributed by atoms with van der Waals surface area (Å²) in [6, 6.07) is 10.9. The Labute approximate surface area is 163 Å². The highest BCUT2D eigenvalue weighted by atomic mass is 79.9. The molecule has 0 aliphatic carbocycles. The van der Waals surface area contributed by atoms with Gasteiger partial charge in [-0.3, -0.25) is 4.79 Å². The fourth-order valence-electron chi connectivity index (χ4n) is 1.90. The first-order valence-electron chi connectivity index (χ1n) is 7.15. The Hall–Kier alpha value is -1.70. The van der Waals surface area contributed by atoms with E-state index in [0.717, 1.165) is 14.9 Å². The summed E-state index contributed by atoms with van der Waals surface area (Å²) < 4.78 is 11.2. The van der Waals surface area contributed by atoms with E-state index in [1.54, 1.807) is 32.4 Å². The third-order valence-corrected chi connectivity index (χ3v) is 4.90. The predicted molar refractivity (Wildman–Crippen MR) is 105 cm³/mol. The highest BCUT2D eigenvalue weighted by molar-refractivity contribution is 9.10. The van der Waals surface area contributed by atoms with Gasteiger partial charge in [-0.15, -0.1) is 11.8 Å². The second kappa shape index (κ2) is 9.70. The number of halogens is 2. The number of rotatable bonds is 7. The predicted octanol–water partition coefficient (Wildman–Crippen LogP) is 4.36. The Kier molecular flexibility index (Phi) is 7.61. The highest BCUT2D eigenvalue weighted by Gasteiger charge is 2.09. The lowest BCUT2D eigenvalue weighted by atomic mass is 10.2.